The Morgan fingerprint density at radius 1 is 1.28 bits per heavy atom. The quantitative estimate of drug-likeness (QED) is 0.627. The molecule has 0 aromatic heterocycles. The molecular weight excluding hydrogens is 318 g/mol. The number of rotatable bonds is 3. The van der Waals surface area contributed by atoms with Crippen molar-refractivity contribution in [3.05, 3.63) is 23.3 Å². The van der Waals surface area contributed by atoms with Crippen LogP contribution in [0, 0.1) is 11.8 Å². The van der Waals surface area contributed by atoms with Crippen LogP contribution in [0.1, 0.15) is 52.4 Å². The fourth-order valence-electron chi connectivity index (χ4n) is 4.43. The molecule has 0 amide bonds. The van der Waals surface area contributed by atoms with Gasteiger partial charge in [-0.05, 0) is 65.0 Å². The van der Waals surface area contributed by atoms with Crippen molar-refractivity contribution in [1.82, 2.24) is 4.90 Å². The Morgan fingerprint density at radius 3 is 2.84 bits per heavy atom. The number of carbonyl (C=O) groups is 2. The van der Waals surface area contributed by atoms with Gasteiger partial charge in [0.2, 0.25) is 0 Å². The van der Waals surface area contributed by atoms with Gasteiger partial charge in [-0.3, -0.25) is 14.5 Å². The van der Waals surface area contributed by atoms with E-state index < -0.39 is 12.0 Å². The molecule has 138 valence electrons. The lowest BCUT2D eigenvalue weighted by molar-refractivity contribution is -0.146. The van der Waals surface area contributed by atoms with E-state index in [9.17, 15) is 14.7 Å². The van der Waals surface area contributed by atoms with Crippen molar-refractivity contribution in [2.75, 3.05) is 13.1 Å². The fourth-order valence-corrected chi connectivity index (χ4v) is 4.43. The van der Waals surface area contributed by atoms with E-state index in [0.717, 1.165) is 38.6 Å². The molecule has 0 spiro atoms. The summed E-state index contributed by atoms with van der Waals surface area (Å²) in [5.41, 5.74) is 2.63. The monoisotopic (exact) mass is 347 g/mol. The van der Waals surface area contributed by atoms with Gasteiger partial charge in [-0.25, -0.2) is 0 Å². The van der Waals surface area contributed by atoms with Crippen molar-refractivity contribution in [3.8, 4) is 0 Å². The van der Waals surface area contributed by atoms with E-state index in [-0.39, 0.29) is 23.9 Å². The van der Waals surface area contributed by atoms with Crippen LogP contribution in [-0.4, -0.2) is 47.2 Å². The summed E-state index contributed by atoms with van der Waals surface area (Å²) in [4.78, 5) is 26.0. The first-order valence-corrected chi connectivity index (χ1v) is 9.46. The number of aliphatic carboxylic acids is 1. The molecule has 0 aromatic carbocycles. The number of fused-ring (bicyclic) bond motifs is 1. The first kappa shape index (κ1) is 18.2. The molecule has 2 heterocycles. The molecule has 3 aliphatic rings. The van der Waals surface area contributed by atoms with E-state index in [4.69, 9.17) is 4.74 Å². The molecule has 0 radical (unpaired) electrons. The highest BCUT2D eigenvalue weighted by molar-refractivity contribution is 5.77. The summed E-state index contributed by atoms with van der Waals surface area (Å²) in [7, 11) is 0. The van der Waals surface area contributed by atoms with Gasteiger partial charge in [0, 0.05) is 12.5 Å². The van der Waals surface area contributed by atoms with Gasteiger partial charge in [-0.2, -0.15) is 0 Å². The average molecular weight is 347 g/mol. The van der Waals surface area contributed by atoms with Gasteiger partial charge in [0.15, 0.2) is 0 Å². The number of ether oxygens (including phenoxy) is 1. The number of hydrogen-bond donors (Lipinski definition) is 1. The Bertz CT molecular complexity index is 595. The summed E-state index contributed by atoms with van der Waals surface area (Å²) < 4.78 is 5.71. The molecule has 0 bridgehead atoms. The predicted octanol–water partition coefficient (Wildman–Crippen LogP) is 3.16. The lowest BCUT2D eigenvalue weighted by atomic mass is 9.83. The molecule has 0 aromatic rings. The van der Waals surface area contributed by atoms with Crippen molar-refractivity contribution in [2.45, 2.75) is 64.5 Å². The maximum Gasteiger partial charge on any atom is 0.320 e. The van der Waals surface area contributed by atoms with Crippen LogP contribution < -0.4 is 0 Å². The van der Waals surface area contributed by atoms with Gasteiger partial charge in [-0.1, -0.05) is 17.2 Å². The minimum absolute atomic E-state index is 0.138. The van der Waals surface area contributed by atoms with E-state index in [0.29, 0.717) is 13.0 Å². The lowest BCUT2D eigenvalue weighted by Crippen LogP contribution is -2.41. The summed E-state index contributed by atoms with van der Waals surface area (Å²) in [6, 6.07) is -0.453. The van der Waals surface area contributed by atoms with E-state index in [2.05, 4.69) is 26.0 Å². The van der Waals surface area contributed by atoms with Crippen molar-refractivity contribution in [2.24, 2.45) is 11.8 Å². The summed E-state index contributed by atoms with van der Waals surface area (Å²) in [6.45, 7) is 5.52. The molecular formula is C20H29NO4. The molecule has 25 heavy (non-hydrogen) atoms. The van der Waals surface area contributed by atoms with Crippen LogP contribution in [0.2, 0.25) is 0 Å². The van der Waals surface area contributed by atoms with Crippen LogP contribution in [0.5, 0.6) is 0 Å². The largest absolute Gasteiger partial charge is 0.480 e. The first-order valence-electron chi connectivity index (χ1n) is 9.46. The SMILES string of the molecule is C/C1=C\[C@H]2OC(=O)[C@@H](CN3CCC[C@H]3C(=O)O)[C@@H]2CC/C(C)=C/CC1. The molecule has 1 aliphatic carbocycles. The van der Waals surface area contributed by atoms with E-state index in [1.807, 2.05) is 4.90 Å². The van der Waals surface area contributed by atoms with Crippen molar-refractivity contribution in [1.29, 1.82) is 0 Å². The second-order valence-electron chi connectivity index (χ2n) is 7.80. The van der Waals surface area contributed by atoms with E-state index in [1.165, 1.54) is 11.1 Å². The third-order valence-electron chi connectivity index (χ3n) is 5.93. The highest BCUT2D eigenvalue weighted by Gasteiger charge is 2.45. The summed E-state index contributed by atoms with van der Waals surface area (Å²) >= 11 is 0. The molecule has 4 atom stereocenters. The number of hydrogen-bond acceptors (Lipinski definition) is 4. The van der Waals surface area contributed by atoms with Gasteiger partial charge >= 0.3 is 11.9 Å². The number of likely N-dealkylation sites (tertiary alicyclic amines) is 1. The Kier molecular flexibility index (Phi) is 5.62. The predicted molar refractivity (Wildman–Crippen MR) is 95.1 cm³/mol. The molecule has 5 heteroatoms. The van der Waals surface area contributed by atoms with Crippen LogP contribution in [-0.2, 0) is 14.3 Å². The van der Waals surface area contributed by atoms with Gasteiger partial charge in [0.1, 0.15) is 12.1 Å². The van der Waals surface area contributed by atoms with Crippen molar-refractivity contribution < 1.29 is 19.4 Å². The summed E-state index contributed by atoms with van der Waals surface area (Å²) in [5.74, 6) is -1.02. The minimum atomic E-state index is -0.777. The molecule has 5 nitrogen and oxygen atoms in total. The highest BCUT2D eigenvalue weighted by atomic mass is 16.6. The average Bonchev–Trinajstić information content (AvgIpc) is 3.11. The van der Waals surface area contributed by atoms with Gasteiger partial charge < -0.3 is 9.84 Å². The van der Waals surface area contributed by atoms with Crippen LogP contribution in [0.4, 0.5) is 0 Å². The number of carboxylic acids is 1. The molecule has 0 unspecified atom stereocenters. The topological polar surface area (TPSA) is 66.8 Å². The number of nitrogens with zero attached hydrogens (tertiary/aromatic N) is 1. The van der Waals surface area contributed by atoms with Crippen LogP contribution in [0.3, 0.4) is 0 Å². The smallest absolute Gasteiger partial charge is 0.320 e. The Morgan fingerprint density at radius 2 is 2.08 bits per heavy atom. The molecule has 2 fully saturated rings. The van der Waals surface area contributed by atoms with Gasteiger partial charge in [-0.15, -0.1) is 0 Å². The van der Waals surface area contributed by atoms with Crippen LogP contribution in [0.25, 0.3) is 0 Å². The molecule has 3 rings (SSSR count). The van der Waals surface area contributed by atoms with Crippen LogP contribution in [0.15, 0.2) is 23.3 Å². The second-order valence-corrected chi connectivity index (χ2v) is 7.80. The maximum atomic E-state index is 12.5. The first-order chi connectivity index (χ1) is 12.0. The van der Waals surface area contributed by atoms with Crippen LogP contribution >= 0.6 is 0 Å². The van der Waals surface area contributed by atoms with E-state index >= 15 is 0 Å². The summed E-state index contributed by atoms with van der Waals surface area (Å²) in [6.07, 6.45) is 9.74. The second kappa shape index (κ2) is 7.73. The van der Waals surface area contributed by atoms with Crippen molar-refractivity contribution in [3.63, 3.8) is 0 Å². The number of carboxylic acid groups (broad SMARTS) is 1. The normalized spacial score (nSPS) is 38.2. The molecule has 0 saturated carbocycles. The molecule has 2 aliphatic heterocycles. The maximum absolute atomic E-state index is 12.5. The highest BCUT2D eigenvalue weighted by Crippen LogP contribution is 2.37. The van der Waals surface area contributed by atoms with E-state index in [1.54, 1.807) is 0 Å². The third kappa shape index (κ3) is 4.14. The number of carbonyl (C=O) groups excluding carboxylic acids is 1. The fraction of sp³-hybridized carbons (Fsp3) is 0.700. The Hall–Kier alpha value is -1.62. The standard InChI is InChI=1S/C20H29NO4/c1-13-5-3-6-14(2)11-18-15(9-8-13)16(20(24)25-18)12-21-10-4-7-17(21)19(22)23/h5,11,15-18H,3-4,6-10,12H2,1-2H3,(H,22,23)/b13-5+,14-11+/t15-,16-,17-,18+/m0/s1. The number of allylic oxidation sites excluding steroid dienone is 3. The van der Waals surface area contributed by atoms with Gasteiger partial charge in [0.05, 0.1) is 5.92 Å². The Balaban J connectivity index is 1.78. The lowest BCUT2D eigenvalue weighted by Gasteiger charge is -2.27. The number of esters is 1. The third-order valence-corrected chi connectivity index (χ3v) is 5.93. The molecule has 2 saturated heterocycles. The zero-order valence-corrected chi connectivity index (χ0v) is 15.2. The summed E-state index contributed by atoms with van der Waals surface area (Å²) in [5, 5.41) is 9.40. The zero-order valence-electron chi connectivity index (χ0n) is 15.2. The zero-order chi connectivity index (χ0) is 18.0. The molecule has 1 N–H and O–H groups in total. The van der Waals surface area contributed by atoms with Gasteiger partial charge in [0.25, 0.3) is 0 Å². The Labute approximate surface area is 149 Å². The minimum Gasteiger partial charge on any atom is -0.480 e. The van der Waals surface area contributed by atoms with Crippen molar-refractivity contribution >= 4 is 11.9 Å².